The molecular formula is C23H19ClN2O3. The van der Waals surface area contributed by atoms with Gasteiger partial charge in [0.15, 0.2) is 5.78 Å². The average molecular weight is 407 g/mol. The summed E-state index contributed by atoms with van der Waals surface area (Å²) in [5, 5.41) is 5.90. The Morgan fingerprint density at radius 3 is 2.17 bits per heavy atom. The second-order valence-electron chi connectivity index (χ2n) is 6.32. The molecule has 0 aliphatic rings. The molecule has 3 aromatic carbocycles. The van der Waals surface area contributed by atoms with Gasteiger partial charge < -0.3 is 10.6 Å². The van der Waals surface area contributed by atoms with Crippen molar-refractivity contribution < 1.29 is 14.4 Å². The molecule has 0 aliphatic heterocycles. The van der Waals surface area contributed by atoms with E-state index in [4.69, 9.17) is 11.6 Å². The molecule has 0 fully saturated rings. The predicted molar refractivity (Wildman–Crippen MR) is 115 cm³/mol. The summed E-state index contributed by atoms with van der Waals surface area (Å²) < 4.78 is 0. The first-order chi connectivity index (χ1) is 14.0. The van der Waals surface area contributed by atoms with Gasteiger partial charge in [-0.15, -0.1) is 0 Å². The van der Waals surface area contributed by atoms with Crippen molar-refractivity contribution in [3.05, 3.63) is 94.5 Å². The highest BCUT2D eigenvalue weighted by Crippen LogP contribution is 2.24. The number of carbonyl (C=O) groups is 3. The molecule has 2 amide bonds. The number of ketones is 1. The van der Waals surface area contributed by atoms with Gasteiger partial charge in [0, 0.05) is 33.8 Å². The molecule has 0 aromatic heterocycles. The zero-order valence-electron chi connectivity index (χ0n) is 15.7. The van der Waals surface area contributed by atoms with E-state index in [-0.39, 0.29) is 17.6 Å². The van der Waals surface area contributed by atoms with Crippen molar-refractivity contribution in [1.29, 1.82) is 0 Å². The van der Waals surface area contributed by atoms with Gasteiger partial charge in [0.05, 0.1) is 5.69 Å². The Morgan fingerprint density at radius 1 is 0.828 bits per heavy atom. The van der Waals surface area contributed by atoms with Crippen LogP contribution in [0.5, 0.6) is 0 Å². The minimum atomic E-state index is -0.372. The highest BCUT2D eigenvalue weighted by molar-refractivity contribution is 6.31. The molecule has 0 spiro atoms. The molecule has 0 aliphatic carbocycles. The molecule has 146 valence electrons. The third kappa shape index (κ3) is 5.09. The minimum absolute atomic E-state index is 0.104. The van der Waals surface area contributed by atoms with E-state index in [2.05, 4.69) is 10.6 Å². The zero-order chi connectivity index (χ0) is 20.8. The molecule has 29 heavy (non-hydrogen) atoms. The topological polar surface area (TPSA) is 75.3 Å². The van der Waals surface area contributed by atoms with E-state index in [1.54, 1.807) is 67.6 Å². The number of benzene rings is 3. The number of halogens is 1. The summed E-state index contributed by atoms with van der Waals surface area (Å²) in [6.07, 6.45) is 0.372. The van der Waals surface area contributed by atoms with Crippen LogP contribution in [0.15, 0.2) is 72.8 Å². The fourth-order valence-electron chi connectivity index (χ4n) is 2.71. The van der Waals surface area contributed by atoms with Crippen LogP contribution in [0, 0.1) is 0 Å². The summed E-state index contributed by atoms with van der Waals surface area (Å²) >= 11 is 6.07. The molecule has 0 bridgehead atoms. The van der Waals surface area contributed by atoms with Crippen LogP contribution in [0.25, 0.3) is 0 Å². The van der Waals surface area contributed by atoms with Crippen LogP contribution < -0.4 is 10.6 Å². The molecule has 0 atom stereocenters. The Morgan fingerprint density at radius 2 is 1.52 bits per heavy atom. The number of amides is 2. The first kappa shape index (κ1) is 20.3. The molecular weight excluding hydrogens is 388 g/mol. The van der Waals surface area contributed by atoms with Crippen LogP contribution >= 0.6 is 11.6 Å². The summed E-state index contributed by atoms with van der Waals surface area (Å²) in [6, 6.07) is 20.1. The average Bonchev–Trinajstić information content (AvgIpc) is 2.75. The number of anilines is 2. The van der Waals surface area contributed by atoms with E-state index in [1.807, 2.05) is 6.07 Å². The Hall–Kier alpha value is -3.44. The second kappa shape index (κ2) is 9.17. The Bertz CT molecular complexity index is 1050. The quantitative estimate of drug-likeness (QED) is 0.554. The van der Waals surface area contributed by atoms with Crippen molar-refractivity contribution in [3.8, 4) is 0 Å². The second-order valence-corrected chi connectivity index (χ2v) is 6.75. The van der Waals surface area contributed by atoms with Gasteiger partial charge in [-0.2, -0.15) is 0 Å². The SMILES string of the molecule is CCC(=O)Nc1ccc(C(=O)Nc2ccc(Cl)cc2C(=O)c2ccccc2)cc1. The highest BCUT2D eigenvalue weighted by Gasteiger charge is 2.16. The number of rotatable bonds is 6. The predicted octanol–water partition coefficient (Wildman–Crippen LogP) is 5.17. The Balaban J connectivity index is 1.82. The number of hydrogen-bond donors (Lipinski definition) is 2. The molecule has 2 N–H and O–H groups in total. The zero-order valence-corrected chi connectivity index (χ0v) is 16.5. The summed E-state index contributed by atoms with van der Waals surface area (Å²) in [6.45, 7) is 1.76. The van der Waals surface area contributed by atoms with Gasteiger partial charge in [-0.1, -0.05) is 48.9 Å². The van der Waals surface area contributed by atoms with Gasteiger partial charge >= 0.3 is 0 Å². The molecule has 6 heteroatoms. The van der Waals surface area contributed by atoms with Crippen molar-refractivity contribution in [3.63, 3.8) is 0 Å². The maximum Gasteiger partial charge on any atom is 0.255 e. The smallest absolute Gasteiger partial charge is 0.255 e. The number of hydrogen-bond acceptors (Lipinski definition) is 3. The van der Waals surface area contributed by atoms with Gasteiger partial charge in [0.2, 0.25) is 5.91 Å². The lowest BCUT2D eigenvalue weighted by molar-refractivity contribution is -0.115. The van der Waals surface area contributed by atoms with E-state index in [0.717, 1.165) is 0 Å². The number of carbonyl (C=O) groups excluding carboxylic acids is 3. The molecule has 0 unspecified atom stereocenters. The van der Waals surface area contributed by atoms with Crippen LogP contribution in [0.2, 0.25) is 5.02 Å². The van der Waals surface area contributed by atoms with Crippen LogP contribution in [-0.4, -0.2) is 17.6 Å². The lowest BCUT2D eigenvalue weighted by Gasteiger charge is -2.12. The summed E-state index contributed by atoms with van der Waals surface area (Å²) in [5.41, 5.74) is 2.19. The maximum atomic E-state index is 12.9. The van der Waals surface area contributed by atoms with Crippen LogP contribution in [0.4, 0.5) is 11.4 Å². The molecule has 0 saturated carbocycles. The summed E-state index contributed by atoms with van der Waals surface area (Å²) in [7, 11) is 0. The molecule has 3 aromatic rings. The summed E-state index contributed by atoms with van der Waals surface area (Å²) in [5.74, 6) is -0.712. The van der Waals surface area contributed by atoms with Crippen molar-refractivity contribution >= 4 is 40.6 Å². The van der Waals surface area contributed by atoms with E-state index >= 15 is 0 Å². The van der Waals surface area contributed by atoms with E-state index in [9.17, 15) is 14.4 Å². The molecule has 5 nitrogen and oxygen atoms in total. The van der Waals surface area contributed by atoms with E-state index in [1.165, 1.54) is 6.07 Å². The van der Waals surface area contributed by atoms with Gasteiger partial charge in [-0.25, -0.2) is 0 Å². The maximum absolute atomic E-state index is 12.9. The van der Waals surface area contributed by atoms with Crippen LogP contribution in [0.1, 0.15) is 39.6 Å². The monoisotopic (exact) mass is 406 g/mol. The van der Waals surface area contributed by atoms with Crippen molar-refractivity contribution in [2.75, 3.05) is 10.6 Å². The van der Waals surface area contributed by atoms with E-state index < -0.39 is 0 Å². The molecule has 3 rings (SSSR count). The third-order valence-electron chi connectivity index (χ3n) is 4.26. The number of nitrogens with one attached hydrogen (secondary N) is 2. The Labute approximate surface area is 173 Å². The normalized spacial score (nSPS) is 10.3. The first-order valence-electron chi connectivity index (χ1n) is 9.08. The van der Waals surface area contributed by atoms with Gasteiger partial charge in [-0.05, 0) is 42.5 Å². The third-order valence-corrected chi connectivity index (χ3v) is 4.50. The van der Waals surface area contributed by atoms with Crippen molar-refractivity contribution in [1.82, 2.24) is 0 Å². The standard InChI is InChI=1S/C23H19ClN2O3/c1-2-21(27)25-18-11-8-16(9-12-18)23(29)26-20-13-10-17(24)14-19(20)22(28)15-6-4-3-5-7-15/h3-14H,2H2,1H3,(H,25,27)(H,26,29). The van der Waals surface area contributed by atoms with Gasteiger partial charge in [-0.3, -0.25) is 14.4 Å². The van der Waals surface area contributed by atoms with Gasteiger partial charge in [0.1, 0.15) is 0 Å². The lowest BCUT2D eigenvalue weighted by Crippen LogP contribution is -2.15. The minimum Gasteiger partial charge on any atom is -0.326 e. The Kier molecular flexibility index (Phi) is 6.42. The largest absolute Gasteiger partial charge is 0.326 e. The molecule has 0 radical (unpaired) electrons. The van der Waals surface area contributed by atoms with Crippen molar-refractivity contribution in [2.24, 2.45) is 0 Å². The van der Waals surface area contributed by atoms with Gasteiger partial charge in [0.25, 0.3) is 5.91 Å². The molecule has 0 saturated heterocycles. The van der Waals surface area contributed by atoms with Crippen molar-refractivity contribution in [2.45, 2.75) is 13.3 Å². The van der Waals surface area contributed by atoms with Crippen LogP contribution in [-0.2, 0) is 4.79 Å². The van der Waals surface area contributed by atoms with E-state index in [0.29, 0.717) is 39.5 Å². The lowest BCUT2D eigenvalue weighted by atomic mass is 10.0. The highest BCUT2D eigenvalue weighted by atomic mass is 35.5. The first-order valence-corrected chi connectivity index (χ1v) is 9.46. The fourth-order valence-corrected chi connectivity index (χ4v) is 2.88. The molecule has 0 heterocycles. The fraction of sp³-hybridized carbons (Fsp3) is 0.0870. The van der Waals surface area contributed by atoms with Crippen LogP contribution in [0.3, 0.4) is 0 Å². The summed E-state index contributed by atoms with van der Waals surface area (Å²) in [4.78, 5) is 37.0.